The Hall–Kier alpha value is -3.37. The normalized spacial score (nSPS) is 13.5. The van der Waals surface area contributed by atoms with Crippen LogP contribution >= 0.6 is 11.8 Å². The second-order valence-corrected chi connectivity index (χ2v) is 8.40. The van der Waals surface area contributed by atoms with Crippen molar-refractivity contribution in [2.24, 2.45) is 0 Å². The highest BCUT2D eigenvalue weighted by molar-refractivity contribution is 7.99. The van der Waals surface area contributed by atoms with Crippen LogP contribution in [-0.2, 0) is 22.6 Å². The van der Waals surface area contributed by atoms with Crippen LogP contribution in [0.15, 0.2) is 65.8 Å². The second kappa shape index (κ2) is 11.5. The van der Waals surface area contributed by atoms with Gasteiger partial charge in [0.25, 0.3) is 0 Å². The van der Waals surface area contributed by atoms with E-state index in [-0.39, 0.29) is 5.75 Å². The van der Waals surface area contributed by atoms with E-state index >= 15 is 0 Å². The molecule has 1 saturated heterocycles. The Labute approximate surface area is 196 Å². The monoisotopic (exact) mass is 466 g/mol. The van der Waals surface area contributed by atoms with Crippen molar-refractivity contribution in [1.82, 2.24) is 25.4 Å². The van der Waals surface area contributed by atoms with Crippen molar-refractivity contribution < 1.29 is 14.3 Å². The predicted octanol–water partition coefficient (Wildman–Crippen LogP) is 2.28. The SMILES string of the molecule is O=C(CSc1nnc(N2CCOCC2)n1Cc1ccccc1)NC(=O)NCc1ccccc1. The van der Waals surface area contributed by atoms with Crippen LogP contribution in [0, 0.1) is 0 Å². The predicted molar refractivity (Wildman–Crippen MR) is 126 cm³/mol. The molecule has 10 heteroatoms. The first-order chi connectivity index (χ1) is 16.2. The van der Waals surface area contributed by atoms with Crippen LogP contribution in [0.2, 0.25) is 0 Å². The summed E-state index contributed by atoms with van der Waals surface area (Å²) in [5.41, 5.74) is 2.07. The van der Waals surface area contributed by atoms with Crippen LogP contribution in [0.5, 0.6) is 0 Å². The van der Waals surface area contributed by atoms with Crippen molar-refractivity contribution >= 4 is 29.6 Å². The van der Waals surface area contributed by atoms with Gasteiger partial charge in [0.05, 0.1) is 25.5 Å². The smallest absolute Gasteiger partial charge is 0.321 e. The molecule has 172 valence electrons. The Balaban J connectivity index is 1.36. The van der Waals surface area contributed by atoms with Gasteiger partial charge in [-0.05, 0) is 11.1 Å². The van der Waals surface area contributed by atoms with E-state index in [2.05, 4.69) is 25.7 Å². The molecule has 2 heterocycles. The molecule has 0 bridgehead atoms. The fourth-order valence-electron chi connectivity index (χ4n) is 3.40. The van der Waals surface area contributed by atoms with Crippen molar-refractivity contribution in [2.75, 3.05) is 37.0 Å². The van der Waals surface area contributed by atoms with Gasteiger partial charge in [-0.25, -0.2) is 4.79 Å². The van der Waals surface area contributed by atoms with Crippen LogP contribution in [0.4, 0.5) is 10.7 Å². The van der Waals surface area contributed by atoms with Gasteiger partial charge >= 0.3 is 6.03 Å². The van der Waals surface area contributed by atoms with Crippen molar-refractivity contribution in [3.05, 3.63) is 71.8 Å². The Kier molecular flexibility index (Phi) is 7.94. The number of nitrogens with zero attached hydrogens (tertiary/aromatic N) is 4. The first kappa shape index (κ1) is 22.8. The summed E-state index contributed by atoms with van der Waals surface area (Å²) >= 11 is 1.26. The number of benzene rings is 2. The number of carbonyl (C=O) groups excluding carboxylic acids is 2. The number of ether oxygens (including phenoxy) is 1. The van der Waals surface area contributed by atoms with E-state index in [0.29, 0.717) is 31.5 Å². The zero-order chi connectivity index (χ0) is 22.9. The third-order valence-corrected chi connectivity index (χ3v) is 6.02. The molecular weight excluding hydrogens is 440 g/mol. The van der Waals surface area contributed by atoms with Crippen LogP contribution in [0.1, 0.15) is 11.1 Å². The van der Waals surface area contributed by atoms with E-state index in [4.69, 9.17) is 4.74 Å². The standard InChI is InChI=1S/C23H26N6O3S/c30-20(25-21(31)24-15-18-7-3-1-4-8-18)17-33-23-27-26-22(28-11-13-32-14-12-28)29(23)16-19-9-5-2-6-10-19/h1-10H,11-17H2,(H2,24,25,30,31). The lowest BCUT2D eigenvalue weighted by Crippen LogP contribution is -2.40. The molecule has 1 aromatic heterocycles. The minimum absolute atomic E-state index is 0.0504. The average Bonchev–Trinajstić information content (AvgIpc) is 3.25. The molecule has 1 aliphatic heterocycles. The number of aromatic nitrogens is 3. The quantitative estimate of drug-likeness (QED) is 0.491. The Bertz CT molecular complexity index is 1050. The molecule has 0 spiro atoms. The average molecular weight is 467 g/mol. The molecule has 1 fully saturated rings. The van der Waals surface area contributed by atoms with Crippen LogP contribution in [0.25, 0.3) is 0 Å². The molecule has 33 heavy (non-hydrogen) atoms. The third-order valence-electron chi connectivity index (χ3n) is 5.06. The maximum absolute atomic E-state index is 12.3. The molecule has 4 rings (SSSR count). The van der Waals surface area contributed by atoms with Gasteiger partial charge in [0, 0.05) is 19.6 Å². The molecule has 2 N–H and O–H groups in total. The zero-order valence-electron chi connectivity index (χ0n) is 18.1. The maximum atomic E-state index is 12.3. The second-order valence-electron chi connectivity index (χ2n) is 7.46. The highest BCUT2D eigenvalue weighted by atomic mass is 32.2. The Morgan fingerprint density at radius 3 is 2.30 bits per heavy atom. The summed E-state index contributed by atoms with van der Waals surface area (Å²) in [4.78, 5) is 26.5. The van der Waals surface area contributed by atoms with E-state index in [9.17, 15) is 9.59 Å². The van der Waals surface area contributed by atoms with Gasteiger partial charge in [0.15, 0.2) is 5.16 Å². The summed E-state index contributed by atoms with van der Waals surface area (Å²) in [5.74, 6) is 0.410. The van der Waals surface area contributed by atoms with Crippen LogP contribution in [0.3, 0.4) is 0 Å². The summed E-state index contributed by atoms with van der Waals surface area (Å²) in [6.07, 6.45) is 0. The largest absolute Gasteiger partial charge is 0.378 e. The van der Waals surface area contributed by atoms with Crippen molar-refractivity contribution in [1.29, 1.82) is 0 Å². The maximum Gasteiger partial charge on any atom is 0.321 e. The summed E-state index contributed by atoms with van der Waals surface area (Å²) in [6, 6.07) is 19.0. The molecule has 2 aromatic carbocycles. The van der Waals surface area contributed by atoms with Gasteiger partial charge in [0.2, 0.25) is 11.9 Å². The molecule has 1 aliphatic rings. The van der Waals surface area contributed by atoms with E-state index < -0.39 is 11.9 Å². The minimum atomic E-state index is -0.524. The molecule has 0 aliphatic carbocycles. The highest BCUT2D eigenvalue weighted by Crippen LogP contribution is 2.24. The molecule has 0 radical (unpaired) electrons. The molecule has 3 aromatic rings. The summed E-state index contributed by atoms with van der Waals surface area (Å²) < 4.78 is 7.46. The number of anilines is 1. The number of amides is 3. The van der Waals surface area contributed by atoms with Gasteiger partial charge in [-0.15, -0.1) is 10.2 Å². The van der Waals surface area contributed by atoms with E-state index in [1.165, 1.54) is 11.8 Å². The number of imide groups is 1. The molecule has 0 atom stereocenters. The number of nitrogens with one attached hydrogen (secondary N) is 2. The Morgan fingerprint density at radius 1 is 0.939 bits per heavy atom. The van der Waals surface area contributed by atoms with Gasteiger partial charge in [0.1, 0.15) is 0 Å². The number of hydrogen-bond donors (Lipinski definition) is 2. The number of thioether (sulfide) groups is 1. The fourth-order valence-corrected chi connectivity index (χ4v) is 4.14. The van der Waals surface area contributed by atoms with E-state index in [0.717, 1.165) is 30.2 Å². The molecule has 0 unspecified atom stereocenters. The number of urea groups is 1. The number of morpholine rings is 1. The molecule has 9 nitrogen and oxygen atoms in total. The molecular formula is C23H26N6O3S. The van der Waals surface area contributed by atoms with Gasteiger partial charge in [-0.2, -0.15) is 0 Å². The lowest BCUT2D eigenvalue weighted by molar-refractivity contribution is -0.117. The summed E-state index contributed by atoms with van der Waals surface area (Å²) in [7, 11) is 0. The first-order valence-electron chi connectivity index (χ1n) is 10.7. The highest BCUT2D eigenvalue weighted by Gasteiger charge is 2.21. The van der Waals surface area contributed by atoms with Gasteiger partial charge in [-0.1, -0.05) is 72.4 Å². The number of rotatable bonds is 8. The number of carbonyl (C=O) groups is 2. The van der Waals surface area contributed by atoms with Crippen LogP contribution in [-0.4, -0.2) is 58.8 Å². The van der Waals surface area contributed by atoms with Gasteiger partial charge < -0.3 is 15.0 Å². The fraction of sp³-hybridized carbons (Fsp3) is 0.304. The molecule has 0 saturated carbocycles. The summed E-state index contributed by atoms with van der Waals surface area (Å²) in [6.45, 7) is 3.69. The van der Waals surface area contributed by atoms with Gasteiger partial charge in [-0.3, -0.25) is 14.7 Å². The van der Waals surface area contributed by atoms with E-state index in [1.807, 2.05) is 65.2 Å². The van der Waals surface area contributed by atoms with Crippen molar-refractivity contribution in [3.63, 3.8) is 0 Å². The van der Waals surface area contributed by atoms with Crippen molar-refractivity contribution in [2.45, 2.75) is 18.2 Å². The topological polar surface area (TPSA) is 101 Å². The zero-order valence-corrected chi connectivity index (χ0v) is 19.0. The number of hydrogen-bond acceptors (Lipinski definition) is 7. The van der Waals surface area contributed by atoms with Crippen LogP contribution < -0.4 is 15.5 Å². The van der Waals surface area contributed by atoms with Crippen molar-refractivity contribution in [3.8, 4) is 0 Å². The Morgan fingerprint density at radius 2 is 1.61 bits per heavy atom. The first-order valence-corrected chi connectivity index (χ1v) is 11.7. The lowest BCUT2D eigenvalue weighted by atomic mass is 10.2. The third kappa shape index (κ3) is 6.56. The minimum Gasteiger partial charge on any atom is -0.378 e. The lowest BCUT2D eigenvalue weighted by Gasteiger charge is -2.28. The van der Waals surface area contributed by atoms with E-state index in [1.54, 1.807) is 0 Å². The summed E-state index contributed by atoms with van der Waals surface area (Å²) in [5, 5.41) is 14.4. The molecule has 3 amide bonds.